The molecular weight excluding hydrogens is 428 g/mol. The number of halogens is 1. The molecule has 2 aliphatic rings. The van der Waals surface area contributed by atoms with Crippen LogP contribution in [0.5, 0.6) is 11.5 Å². The first-order valence-electron chi connectivity index (χ1n) is 10.8. The Labute approximate surface area is 191 Å². The molecule has 0 atom stereocenters. The second-order valence-electron chi connectivity index (χ2n) is 8.13. The number of piperidine rings is 1. The molecule has 5 rings (SSSR count). The van der Waals surface area contributed by atoms with Crippen LogP contribution in [-0.4, -0.2) is 35.6 Å². The number of nitrogens with one attached hydrogen (secondary N) is 2. The molecule has 8 heteroatoms. The standard InChI is InChI=1S/C24H25ClN4O3/c1-15-19(25)3-2-4-20(15)29-23(17-7-9-26-10-8-17)18(13-28-29)24(30)27-12-16-5-6-21-22(11-16)32-14-31-21/h2-6,11,13,17,26H,7-10,12,14H2,1H3,(H,27,30). The Balaban J connectivity index is 1.44. The van der Waals surface area contributed by atoms with Crippen LogP contribution in [0, 0.1) is 6.92 Å². The van der Waals surface area contributed by atoms with Gasteiger partial charge in [0.15, 0.2) is 11.5 Å². The van der Waals surface area contributed by atoms with E-state index in [-0.39, 0.29) is 18.6 Å². The Bertz CT molecular complexity index is 1150. The van der Waals surface area contributed by atoms with Crippen LogP contribution in [0.1, 0.15) is 45.9 Å². The van der Waals surface area contributed by atoms with Crippen LogP contribution < -0.4 is 20.1 Å². The number of benzene rings is 2. The number of aromatic nitrogens is 2. The minimum Gasteiger partial charge on any atom is -0.454 e. The SMILES string of the molecule is Cc1c(Cl)cccc1-n1ncc(C(=O)NCc2ccc3c(c2)OCO3)c1C1CCNCC1. The third-order valence-corrected chi connectivity index (χ3v) is 6.54. The molecule has 1 amide bonds. The lowest BCUT2D eigenvalue weighted by Crippen LogP contribution is -2.30. The monoisotopic (exact) mass is 452 g/mol. The maximum atomic E-state index is 13.2. The molecule has 0 unspecified atom stereocenters. The Morgan fingerprint density at radius 3 is 2.88 bits per heavy atom. The molecule has 0 aliphatic carbocycles. The smallest absolute Gasteiger partial charge is 0.255 e. The fraction of sp³-hybridized carbons (Fsp3) is 0.333. The van der Waals surface area contributed by atoms with Crippen molar-refractivity contribution in [2.24, 2.45) is 0 Å². The van der Waals surface area contributed by atoms with Crippen molar-refractivity contribution in [1.29, 1.82) is 0 Å². The predicted molar refractivity (Wildman–Crippen MR) is 122 cm³/mol. The van der Waals surface area contributed by atoms with Crippen molar-refractivity contribution in [2.45, 2.75) is 32.2 Å². The van der Waals surface area contributed by atoms with Crippen molar-refractivity contribution in [1.82, 2.24) is 20.4 Å². The van der Waals surface area contributed by atoms with E-state index >= 15 is 0 Å². The zero-order valence-electron chi connectivity index (χ0n) is 17.9. The minimum atomic E-state index is -0.137. The third-order valence-electron chi connectivity index (χ3n) is 6.13. The van der Waals surface area contributed by atoms with Gasteiger partial charge in [-0.05, 0) is 68.2 Å². The second-order valence-corrected chi connectivity index (χ2v) is 8.54. The number of ether oxygens (including phenoxy) is 2. The lowest BCUT2D eigenvalue weighted by Gasteiger charge is -2.25. The van der Waals surface area contributed by atoms with E-state index in [1.54, 1.807) is 6.20 Å². The van der Waals surface area contributed by atoms with Gasteiger partial charge in [-0.15, -0.1) is 0 Å². The fourth-order valence-corrected chi connectivity index (χ4v) is 4.54. The van der Waals surface area contributed by atoms with Crippen molar-refractivity contribution >= 4 is 17.5 Å². The van der Waals surface area contributed by atoms with Crippen LogP contribution in [-0.2, 0) is 6.54 Å². The van der Waals surface area contributed by atoms with Gasteiger partial charge < -0.3 is 20.1 Å². The van der Waals surface area contributed by atoms with Gasteiger partial charge in [-0.25, -0.2) is 4.68 Å². The topological polar surface area (TPSA) is 77.4 Å². The largest absolute Gasteiger partial charge is 0.454 e. The molecule has 2 N–H and O–H groups in total. The number of fused-ring (bicyclic) bond motifs is 1. The van der Waals surface area contributed by atoms with Crippen LogP contribution in [0.3, 0.4) is 0 Å². The number of carbonyl (C=O) groups is 1. The first-order chi connectivity index (χ1) is 15.6. The van der Waals surface area contributed by atoms with Crippen LogP contribution in [0.2, 0.25) is 5.02 Å². The van der Waals surface area contributed by atoms with E-state index in [1.807, 2.05) is 48.0 Å². The highest BCUT2D eigenvalue weighted by Crippen LogP contribution is 2.34. The molecule has 7 nitrogen and oxygen atoms in total. The molecule has 0 saturated carbocycles. The molecule has 3 heterocycles. The van der Waals surface area contributed by atoms with Gasteiger partial charge in [0.05, 0.1) is 23.1 Å². The molecule has 1 saturated heterocycles. The highest BCUT2D eigenvalue weighted by atomic mass is 35.5. The zero-order valence-corrected chi connectivity index (χ0v) is 18.6. The van der Waals surface area contributed by atoms with Gasteiger partial charge in [-0.2, -0.15) is 5.10 Å². The lowest BCUT2D eigenvalue weighted by molar-refractivity contribution is 0.0949. The molecule has 3 aromatic rings. The maximum Gasteiger partial charge on any atom is 0.255 e. The van der Waals surface area contributed by atoms with Crippen LogP contribution in [0.4, 0.5) is 0 Å². The Morgan fingerprint density at radius 2 is 2.03 bits per heavy atom. The number of amides is 1. The Kier molecular flexibility index (Phi) is 5.76. The summed E-state index contributed by atoms with van der Waals surface area (Å²) in [7, 11) is 0. The summed E-state index contributed by atoms with van der Waals surface area (Å²) in [4.78, 5) is 13.2. The molecule has 1 aromatic heterocycles. The normalized spacial score (nSPS) is 15.7. The molecule has 0 bridgehead atoms. The zero-order chi connectivity index (χ0) is 22.1. The van der Waals surface area contributed by atoms with E-state index in [9.17, 15) is 4.79 Å². The summed E-state index contributed by atoms with van der Waals surface area (Å²) in [6.45, 7) is 4.44. The molecule has 0 spiro atoms. The number of rotatable bonds is 5. The summed E-state index contributed by atoms with van der Waals surface area (Å²) in [5.41, 5.74) is 4.35. The Hall–Kier alpha value is -3.03. The number of nitrogens with zero attached hydrogens (tertiary/aromatic N) is 2. The molecular formula is C24H25ClN4O3. The van der Waals surface area contributed by atoms with Crippen LogP contribution >= 0.6 is 11.6 Å². The lowest BCUT2D eigenvalue weighted by atomic mass is 9.91. The summed E-state index contributed by atoms with van der Waals surface area (Å²) in [6.07, 6.45) is 3.58. The molecule has 32 heavy (non-hydrogen) atoms. The van der Waals surface area contributed by atoms with Crippen molar-refractivity contribution in [2.75, 3.05) is 19.9 Å². The predicted octanol–water partition coefficient (Wildman–Crippen LogP) is 3.96. The first-order valence-corrected chi connectivity index (χ1v) is 11.2. The van der Waals surface area contributed by atoms with E-state index in [1.165, 1.54) is 0 Å². The van der Waals surface area contributed by atoms with Crippen molar-refractivity contribution in [3.63, 3.8) is 0 Å². The second kappa shape index (κ2) is 8.84. The summed E-state index contributed by atoms with van der Waals surface area (Å²) >= 11 is 6.38. The minimum absolute atomic E-state index is 0.137. The van der Waals surface area contributed by atoms with Crippen molar-refractivity contribution in [3.8, 4) is 17.2 Å². The highest BCUT2D eigenvalue weighted by Gasteiger charge is 2.27. The van der Waals surface area contributed by atoms with E-state index in [2.05, 4.69) is 15.7 Å². The number of carbonyl (C=O) groups excluding carboxylic acids is 1. The van der Waals surface area contributed by atoms with Crippen molar-refractivity contribution in [3.05, 3.63) is 70.0 Å². The van der Waals surface area contributed by atoms with E-state index in [0.29, 0.717) is 22.9 Å². The van der Waals surface area contributed by atoms with E-state index in [4.69, 9.17) is 21.1 Å². The van der Waals surface area contributed by atoms with Crippen LogP contribution in [0.15, 0.2) is 42.6 Å². The van der Waals surface area contributed by atoms with Gasteiger partial charge >= 0.3 is 0 Å². The van der Waals surface area contributed by atoms with Crippen molar-refractivity contribution < 1.29 is 14.3 Å². The molecule has 166 valence electrons. The quantitative estimate of drug-likeness (QED) is 0.612. The summed E-state index contributed by atoms with van der Waals surface area (Å²) in [6, 6.07) is 11.5. The summed E-state index contributed by atoms with van der Waals surface area (Å²) < 4.78 is 12.7. The molecule has 0 radical (unpaired) electrons. The summed E-state index contributed by atoms with van der Waals surface area (Å²) in [5, 5.41) is 11.8. The fourth-order valence-electron chi connectivity index (χ4n) is 4.37. The molecule has 1 fully saturated rings. The van der Waals surface area contributed by atoms with Gasteiger partial charge in [-0.3, -0.25) is 4.79 Å². The molecule has 2 aliphatic heterocycles. The van der Waals surface area contributed by atoms with Gasteiger partial charge in [0.25, 0.3) is 5.91 Å². The average Bonchev–Trinajstić information content (AvgIpc) is 3.47. The van der Waals surface area contributed by atoms with E-state index < -0.39 is 0 Å². The third kappa shape index (κ3) is 3.94. The van der Waals surface area contributed by atoms with Gasteiger partial charge in [0.1, 0.15) is 0 Å². The molecule has 2 aromatic carbocycles. The highest BCUT2D eigenvalue weighted by molar-refractivity contribution is 6.31. The first kappa shape index (κ1) is 20.8. The van der Waals surface area contributed by atoms with Gasteiger partial charge in [0.2, 0.25) is 6.79 Å². The summed E-state index contributed by atoms with van der Waals surface area (Å²) in [5.74, 6) is 1.54. The van der Waals surface area contributed by atoms with Gasteiger partial charge in [-0.1, -0.05) is 23.7 Å². The van der Waals surface area contributed by atoms with Gasteiger partial charge in [0, 0.05) is 17.5 Å². The average molecular weight is 453 g/mol. The number of hydrogen-bond donors (Lipinski definition) is 2. The van der Waals surface area contributed by atoms with E-state index in [0.717, 1.165) is 54.2 Å². The Morgan fingerprint density at radius 1 is 1.22 bits per heavy atom. The van der Waals surface area contributed by atoms with Crippen LogP contribution in [0.25, 0.3) is 5.69 Å². The maximum absolute atomic E-state index is 13.2. The number of hydrogen-bond acceptors (Lipinski definition) is 5.